The molecule has 7 nitrogen and oxygen atoms in total. The van der Waals surface area contributed by atoms with Crippen LogP contribution < -0.4 is 9.62 Å². The molecule has 1 aliphatic heterocycles. The minimum Gasteiger partial charge on any atom is -0.452 e. The Hall–Kier alpha value is -2.97. The van der Waals surface area contributed by atoms with E-state index in [1.165, 1.54) is 13.0 Å². The molecule has 1 N–H and O–H groups in total. The molecule has 2 aromatic carbocycles. The summed E-state index contributed by atoms with van der Waals surface area (Å²) in [6, 6.07) is 16.5. The van der Waals surface area contributed by atoms with Crippen LogP contribution in [0.25, 0.3) is 6.08 Å². The zero-order valence-corrected chi connectivity index (χ0v) is 17.5. The van der Waals surface area contributed by atoms with Gasteiger partial charge in [-0.3, -0.25) is 9.59 Å². The molecule has 0 bridgehead atoms. The smallest absolute Gasteiger partial charge is 0.321 e. The number of amides is 1. The summed E-state index contributed by atoms with van der Waals surface area (Å²) in [6.07, 6.45) is 2.13. The second-order valence-corrected chi connectivity index (χ2v) is 8.58. The standard InChI is InChI=1S/C22H24N2O5S/c1-17(22(26)24-14-7-11-19-10-5-6-12-20(19)24)29-21(25)16-23-30(27,28)15-13-18-8-3-2-4-9-18/h2-6,8-10,12-13,15,17,23H,7,11,14,16H2,1H3/b15-13+/t17-/m1/s1. The largest absolute Gasteiger partial charge is 0.452 e. The number of nitrogens with one attached hydrogen (secondary N) is 1. The van der Waals surface area contributed by atoms with Gasteiger partial charge in [0.1, 0.15) is 6.54 Å². The molecule has 30 heavy (non-hydrogen) atoms. The lowest BCUT2D eigenvalue weighted by Crippen LogP contribution is -2.43. The number of nitrogens with zero attached hydrogens (tertiary/aromatic N) is 1. The zero-order valence-electron chi connectivity index (χ0n) is 16.7. The first-order chi connectivity index (χ1) is 14.4. The van der Waals surface area contributed by atoms with Gasteiger partial charge in [-0.15, -0.1) is 0 Å². The summed E-state index contributed by atoms with van der Waals surface area (Å²) in [5.74, 6) is -1.15. The topological polar surface area (TPSA) is 92.8 Å². The number of carbonyl (C=O) groups is 2. The molecule has 3 rings (SSSR count). The molecule has 0 fully saturated rings. The molecule has 1 atom stereocenters. The van der Waals surface area contributed by atoms with Crippen LogP contribution in [-0.4, -0.2) is 39.5 Å². The summed E-state index contributed by atoms with van der Waals surface area (Å²) in [6.45, 7) is 1.48. The van der Waals surface area contributed by atoms with Crippen molar-refractivity contribution in [2.75, 3.05) is 18.0 Å². The molecule has 8 heteroatoms. The van der Waals surface area contributed by atoms with Crippen molar-refractivity contribution in [1.82, 2.24) is 4.72 Å². The molecule has 1 heterocycles. The molecule has 158 valence electrons. The molecule has 0 unspecified atom stereocenters. The third-order valence-electron chi connectivity index (χ3n) is 4.69. The number of anilines is 1. The van der Waals surface area contributed by atoms with E-state index in [0.29, 0.717) is 12.1 Å². The van der Waals surface area contributed by atoms with Gasteiger partial charge in [-0.05, 0) is 43.0 Å². The van der Waals surface area contributed by atoms with Gasteiger partial charge in [-0.2, -0.15) is 0 Å². The monoisotopic (exact) mass is 428 g/mol. The third kappa shape index (κ3) is 5.77. The predicted molar refractivity (Wildman–Crippen MR) is 115 cm³/mol. The average molecular weight is 429 g/mol. The molecule has 0 saturated carbocycles. The Bertz CT molecular complexity index is 1030. The van der Waals surface area contributed by atoms with Crippen molar-refractivity contribution >= 4 is 33.7 Å². The first-order valence-electron chi connectivity index (χ1n) is 9.67. The Labute approximate surface area is 176 Å². The van der Waals surface area contributed by atoms with Gasteiger partial charge in [-0.1, -0.05) is 48.5 Å². The van der Waals surface area contributed by atoms with Crippen molar-refractivity contribution in [1.29, 1.82) is 0 Å². The van der Waals surface area contributed by atoms with Crippen molar-refractivity contribution in [2.45, 2.75) is 25.9 Å². The zero-order chi connectivity index (χ0) is 21.6. The number of benzene rings is 2. The number of hydrogen-bond acceptors (Lipinski definition) is 5. The summed E-state index contributed by atoms with van der Waals surface area (Å²) in [7, 11) is -3.82. The molecule has 1 aliphatic rings. The highest BCUT2D eigenvalue weighted by atomic mass is 32.2. The quantitative estimate of drug-likeness (QED) is 0.684. The molecule has 0 spiro atoms. The van der Waals surface area contributed by atoms with Crippen LogP contribution in [0.1, 0.15) is 24.5 Å². The van der Waals surface area contributed by atoms with E-state index in [2.05, 4.69) is 4.72 Å². The molecule has 0 aromatic heterocycles. The summed E-state index contributed by atoms with van der Waals surface area (Å²) >= 11 is 0. The van der Waals surface area contributed by atoms with Gasteiger partial charge in [0.2, 0.25) is 10.0 Å². The minimum atomic E-state index is -3.82. The average Bonchev–Trinajstić information content (AvgIpc) is 2.76. The summed E-state index contributed by atoms with van der Waals surface area (Å²) < 4.78 is 31.4. The van der Waals surface area contributed by atoms with E-state index in [9.17, 15) is 18.0 Å². The second kappa shape index (κ2) is 9.69. The van der Waals surface area contributed by atoms with Crippen molar-refractivity contribution in [3.8, 4) is 0 Å². The number of esters is 1. The number of carbonyl (C=O) groups excluding carboxylic acids is 2. The van der Waals surface area contributed by atoms with Crippen molar-refractivity contribution in [3.63, 3.8) is 0 Å². The van der Waals surface area contributed by atoms with Gasteiger partial charge in [0, 0.05) is 17.6 Å². The SMILES string of the molecule is C[C@@H](OC(=O)CNS(=O)(=O)/C=C/c1ccccc1)C(=O)N1CCCc2ccccc21. The maximum atomic E-state index is 12.8. The number of ether oxygens (including phenoxy) is 1. The number of hydrogen-bond donors (Lipinski definition) is 1. The molecular formula is C22H24N2O5S. The van der Waals surface area contributed by atoms with E-state index in [4.69, 9.17) is 4.74 Å². The fourth-order valence-electron chi connectivity index (χ4n) is 3.21. The minimum absolute atomic E-state index is 0.331. The van der Waals surface area contributed by atoms with Crippen molar-refractivity contribution in [3.05, 3.63) is 71.1 Å². The van der Waals surface area contributed by atoms with Crippen LogP contribution in [-0.2, 0) is 30.8 Å². The molecule has 2 aromatic rings. The molecular weight excluding hydrogens is 404 g/mol. The highest BCUT2D eigenvalue weighted by molar-refractivity contribution is 7.92. The van der Waals surface area contributed by atoms with Crippen LogP contribution in [0, 0.1) is 0 Å². The number of fused-ring (bicyclic) bond motifs is 1. The van der Waals surface area contributed by atoms with Crippen molar-refractivity contribution in [2.24, 2.45) is 0 Å². The number of para-hydroxylation sites is 1. The first-order valence-corrected chi connectivity index (χ1v) is 11.2. The van der Waals surface area contributed by atoms with Crippen LogP contribution in [0.2, 0.25) is 0 Å². The number of rotatable bonds is 7. The lowest BCUT2D eigenvalue weighted by Gasteiger charge is -2.31. The highest BCUT2D eigenvalue weighted by Crippen LogP contribution is 2.27. The van der Waals surface area contributed by atoms with Gasteiger partial charge in [-0.25, -0.2) is 13.1 Å². The van der Waals surface area contributed by atoms with Gasteiger partial charge < -0.3 is 9.64 Å². The maximum absolute atomic E-state index is 12.8. The van der Waals surface area contributed by atoms with Gasteiger partial charge >= 0.3 is 5.97 Å². The maximum Gasteiger partial charge on any atom is 0.321 e. The lowest BCUT2D eigenvalue weighted by atomic mass is 10.0. The lowest BCUT2D eigenvalue weighted by molar-refractivity contribution is -0.152. The Morgan fingerprint density at radius 3 is 2.60 bits per heavy atom. The van der Waals surface area contributed by atoms with Crippen LogP contribution in [0.3, 0.4) is 0 Å². The summed E-state index contributed by atoms with van der Waals surface area (Å²) in [5, 5.41) is 0.981. The molecule has 0 aliphatic carbocycles. The van der Waals surface area contributed by atoms with E-state index in [1.807, 2.05) is 30.3 Å². The Morgan fingerprint density at radius 1 is 1.13 bits per heavy atom. The number of sulfonamides is 1. The predicted octanol–water partition coefficient (Wildman–Crippen LogP) is 2.49. The Balaban J connectivity index is 1.53. The first kappa shape index (κ1) is 21.7. The van der Waals surface area contributed by atoms with E-state index in [-0.39, 0.29) is 5.91 Å². The second-order valence-electron chi connectivity index (χ2n) is 6.93. The Kier molecular flexibility index (Phi) is 7.02. The van der Waals surface area contributed by atoms with Crippen LogP contribution >= 0.6 is 0 Å². The fourth-order valence-corrected chi connectivity index (χ4v) is 3.96. The van der Waals surface area contributed by atoms with Gasteiger partial charge in [0.25, 0.3) is 5.91 Å². The molecule has 1 amide bonds. The fraction of sp³-hybridized carbons (Fsp3) is 0.273. The Morgan fingerprint density at radius 2 is 1.83 bits per heavy atom. The third-order valence-corrected chi connectivity index (χ3v) is 5.73. The van der Waals surface area contributed by atoms with E-state index in [0.717, 1.165) is 29.5 Å². The normalized spacial score (nSPS) is 14.9. The molecule has 0 saturated heterocycles. The van der Waals surface area contributed by atoms with E-state index >= 15 is 0 Å². The van der Waals surface area contributed by atoms with Crippen molar-refractivity contribution < 1.29 is 22.7 Å². The van der Waals surface area contributed by atoms with E-state index < -0.39 is 28.6 Å². The van der Waals surface area contributed by atoms with Gasteiger partial charge in [0.15, 0.2) is 6.10 Å². The van der Waals surface area contributed by atoms with E-state index in [1.54, 1.807) is 29.2 Å². The highest BCUT2D eigenvalue weighted by Gasteiger charge is 2.28. The van der Waals surface area contributed by atoms with Gasteiger partial charge in [0.05, 0.1) is 0 Å². The summed E-state index contributed by atoms with van der Waals surface area (Å²) in [5.41, 5.74) is 2.61. The van der Waals surface area contributed by atoms with Crippen LogP contribution in [0.5, 0.6) is 0 Å². The van der Waals surface area contributed by atoms with Crippen LogP contribution in [0.15, 0.2) is 60.0 Å². The number of aryl methyl sites for hydroxylation is 1. The molecule has 0 radical (unpaired) electrons. The summed E-state index contributed by atoms with van der Waals surface area (Å²) in [4.78, 5) is 26.4. The van der Waals surface area contributed by atoms with Crippen LogP contribution in [0.4, 0.5) is 5.69 Å².